The fraction of sp³-hybridized carbons (Fsp3) is 0.267. The smallest absolute Gasteiger partial charge is 0.337 e. The zero-order valence-corrected chi connectivity index (χ0v) is 25.7. The summed E-state index contributed by atoms with van der Waals surface area (Å²) in [5.41, 5.74) is 9.44. The van der Waals surface area contributed by atoms with Gasteiger partial charge in [0.05, 0.1) is 55.9 Å². The van der Waals surface area contributed by atoms with Gasteiger partial charge in [0.2, 0.25) is 11.0 Å². The average Bonchev–Trinajstić information content (AvgIpc) is 3.51. The molecule has 1 aromatic heterocycles. The number of ketones is 1. The van der Waals surface area contributed by atoms with E-state index >= 15 is 0 Å². The van der Waals surface area contributed by atoms with Crippen LogP contribution in [0.5, 0.6) is 11.5 Å². The molecule has 5 rings (SSSR count). The van der Waals surface area contributed by atoms with Crippen LogP contribution in [-0.2, 0) is 14.3 Å². The van der Waals surface area contributed by atoms with Gasteiger partial charge >= 0.3 is 5.97 Å². The van der Waals surface area contributed by atoms with Crippen molar-refractivity contribution in [3.63, 3.8) is 0 Å². The first-order valence-electron chi connectivity index (χ1n) is 13.4. The number of hydrogen-bond donors (Lipinski definition) is 2. The third-order valence-electron chi connectivity index (χ3n) is 7.17. The van der Waals surface area contributed by atoms with Gasteiger partial charge in [-0.3, -0.25) is 14.5 Å². The van der Waals surface area contributed by atoms with Gasteiger partial charge in [-0.05, 0) is 42.7 Å². The number of benzene rings is 2. The molecule has 2 heterocycles. The zero-order chi connectivity index (χ0) is 31.4. The summed E-state index contributed by atoms with van der Waals surface area (Å²) >= 11 is 2.39. The Bertz CT molecular complexity index is 1730. The van der Waals surface area contributed by atoms with Gasteiger partial charge in [0.15, 0.2) is 10.1 Å². The maximum absolute atomic E-state index is 13.4. The summed E-state index contributed by atoms with van der Waals surface area (Å²) in [6.45, 7) is 0. The molecule has 2 aromatic carbocycles. The minimum atomic E-state index is -0.690. The molecule has 3 N–H and O–H groups in total. The van der Waals surface area contributed by atoms with E-state index < -0.39 is 11.9 Å². The first-order valence-corrected chi connectivity index (χ1v) is 15.2. The molecule has 1 aliphatic carbocycles. The highest BCUT2D eigenvalue weighted by Crippen LogP contribution is 2.47. The number of methoxy groups -OCH3 is 3. The molecular weight excluding hydrogens is 605 g/mol. The Morgan fingerprint density at radius 1 is 1.14 bits per heavy atom. The van der Waals surface area contributed by atoms with Crippen LogP contribution in [0.2, 0.25) is 0 Å². The lowest BCUT2D eigenvalue weighted by Crippen LogP contribution is -2.38. The lowest BCUT2D eigenvalue weighted by molar-refractivity contribution is -0.116. The van der Waals surface area contributed by atoms with Gasteiger partial charge < -0.3 is 25.3 Å². The summed E-state index contributed by atoms with van der Waals surface area (Å²) in [4.78, 5) is 39.7. The number of rotatable bonds is 9. The molecule has 0 saturated carbocycles. The predicted molar refractivity (Wildman–Crippen MR) is 165 cm³/mol. The van der Waals surface area contributed by atoms with Crippen LogP contribution >= 0.6 is 23.1 Å². The molecule has 3 aromatic rings. The average molecular weight is 633 g/mol. The largest absolute Gasteiger partial charge is 0.497 e. The predicted octanol–water partition coefficient (Wildman–Crippen LogP) is 4.38. The van der Waals surface area contributed by atoms with Crippen LogP contribution in [0.3, 0.4) is 0 Å². The molecule has 2 aliphatic rings. The van der Waals surface area contributed by atoms with Crippen LogP contribution in [0.1, 0.15) is 41.1 Å². The Morgan fingerprint density at radius 2 is 1.91 bits per heavy atom. The fourth-order valence-corrected chi connectivity index (χ4v) is 6.82. The number of esters is 1. The number of anilines is 2. The lowest BCUT2D eigenvalue weighted by Gasteiger charge is -2.38. The normalized spacial score (nSPS) is 16.3. The number of hydrogen-bond acceptors (Lipinski definition) is 13. The number of Topliss-reactive ketones (excluding diaryl/α,β-unsaturated/α-hetero) is 1. The number of nitrogens with two attached hydrogens (primary N) is 1. The van der Waals surface area contributed by atoms with Crippen LogP contribution in [0.4, 0.5) is 10.8 Å². The molecule has 1 amide bonds. The minimum Gasteiger partial charge on any atom is -0.497 e. The van der Waals surface area contributed by atoms with Gasteiger partial charge in [0.1, 0.15) is 17.3 Å². The minimum absolute atomic E-state index is 0.0415. The first kappa shape index (κ1) is 30.6. The number of allylic oxidation sites excluding steroid dienone is 3. The van der Waals surface area contributed by atoms with Gasteiger partial charge in [0, 0.05) is 23.8 Å². The lowest BCUT2D eigenvalue weighted by atomic mass is 9.75. The van der Waals surface area contributed by atoms with E-state index in [1.54, 1.807) is 47.4 Å². The highest BCUT2D eigenvalue weighted by molar-refractivity contribution is 8.01. The molecule has 226 valence electrons. The number of nitriles is 1. The third-order valence-corrected chi connectivity index (χ3v) is 9.21. The number of nitrogens with one attached hydrogen (secondary N) is 1. The summed E-state index contributed by atoms with van der Waals surface area (Å²) in [6.07, 6.45) is 1.50. The van der Waals surface area contributed by atoms with Crippen molar-refractivity contribution in [3.8, 4) is 17.6 Å². The van der Waals surface area contributed by atoms with Crippen molar-refractivity contribution >= 4 is 51.6 Å². The summed E-state index contributed by atoms with van der Waals surface area (Å²) in [6, 6.07) is 13.9. The van der Waals surface area contributed by atoms with Crippen molar-refractivity contribution < 1.29 is 28.6 Å². The zero-order valence-electron chi connectivity index (χ0n) is 24.1. The second kappa shape index (κ2) is 13.2. The van der Waals surface area contributed by atoms with Crippen LogP contribution < -0.4 is 25.4 Å². The van der Waals surface area contributed by atoms with Gasteiger partial charge in [-0.2, -0.15) is 5.26 Å². The van der Waals surface area contributed by atoms with Crippen LogP contribution in [-0.4, -0.2) is 54.9 Å². The Labute approximate surface area is 261 Å². The van der Waals surface area contributed by atoms with Crippen molar-refractivity contribution in [3.05, 3.63) is 76.3 Å². The SMILES string of the molecule is COC(=O)c1ccc(C2C(C#N)=C(N)N(c3nnc(SCC(=O)Nc4cc(OC)ccc4OC)s3)C3=C2C(=O)CCC3)cc1. The number of ether oxygens (including phenoxy) is 3. The molecule has 12 nitrogen and oxygen atoms in total. The van der Waals surface area contributed by atoms with Gasteiger partial charge in [-0.15, -0.1) is 10.2 Å². The Kier molecular flexibility index (Phi) is 9.17. The number of carbonyl (C=O) groups excluding carboxylic acids is 3. The monoisotopic (exact) mass is 632 g/mol. The summed E-state index contributed by atoms with van der Waals surface area (Å²) in [5, 5.41) is 22.0. The van der Waals surface area contributed by atoms with E-state index in [-0.39, 0.29) is 28.8 Å². The topological polar surface area (TPSA) is 170 Å². The maximum Gasteiger partial charge on any atom is 0.337 e. The van der Waals surface area contributed by atoms with Gasteiger partial charge in [-0.1, -0.05) is 35.2 Å². The molecule has 1 unspecified atom stereocenters. The maximum atomic E-state index is 13.4. The number of amides is 1. The Balaban J connectivity index is 1.40. The molecule has 0 saturated heterocycles. The van der Waals surface area contributed by atoms with Crippen LogP contribution in [0.25, 0.3) is 0 Å². The van der Waals surface area contributed by atoms with E-state index in [2.05, 4.69) is 21.6 Å². The molecule has 14 heteroatoms. The summed E-state index contributed by atoms with van der Waals surface area (Å²) in [5.74, 6) is -0.288. The summed E-state index contributed by atoms with van der Waals surface area (Å²) in [7, 11) is 4.34. The van der Waals surface area contributed by atoms with Crippen molar-refractivity contribution in [2.75, 3.05) is 37.3 Å². The highest BCUT2D eigenvalue weighted by Gasteiger charge is 2.41. The molecular formula is C30H28N6O6S2. The number of thioether (sulfide) groups is 1. The van der Waals surface area contributed by atoms with E-state index in [0.717, 1.165) is 0 Å². The molecule has 0 fully saturated rings. The molecule has 44 heavy (non-hydrogen) atoms. The second-order valence-electron chi connectivity index (χ2n) is 9.68. The van der Waals surface area contributed by atoms with E-state index in [4.69, 9.17) is 19.9 Å². The molecule has 1 atom stereocenters. The molecule has 0 bridgehead atoms. The third kappa shape index (κ3) is 5.97. The Hall–Kier alpha value is -4.87. The van der Waals surface area contributed by atoms with E-state index in [1.165, 1.54) is 44.4 Å². The van der Waals surface area contributed by atoms with Gasteiger partial charge in [0.25, 0.3) is 0 Å². The number of nitrogens with zero attached hydrogens (tertiary/aromatic N) is 4. The van der Waals surface area contributed by atoms with Crippen LogP contribution in [0.15, 0.2) is 69.5 Å². The van der Waals surface area contributed by atoms with Crippen molar-refractivity contribution in [1.29, 1.82) is 5.26 Å². The molecule has 0 radical (unpaired) electrons. The standard InChI is InChI=1S/C30H28N6O6S2/c1-40-18-11-12-23(41-2)20(13-18)33-24(38)15-43-30-35-34-29(44-30)36-21-5-4-6-22(37)26(21)25(19(14-31)27(36)32)16-7-9-17(10-8-16)28(39)42-3/h7-13,25H,4-6,15,32H2,1-3H3,(H,33,38). The highest BCUT2D eigenvalue weighted by atomic mass is 32.2. The number of carbonyl (C=O) groups is 3. The molecule has 0 spiro atoms. The second-order valence-corrected chi connectivity index (χ2v) is 11.9. The van der Waals surface area contributed by atoms with Crippen molar-refractivity contribution in [1.82, 2.24) is 10.2 Å². The van der Waals surface area contributed by atoms with E-state index in [9.17, 15) is 19.6 Å². The van der Waals surface area contributed by atoms with Crippen molar-refractivity contribution in [2.45, 2.75) is 29.5 Å². The quantitative estimate of drug-likeness (QED) is 0.253. The molecule has 1 aliphatic heterocycles. The first-order chi connectivity index (χ1) is 21.3. The van der Waals surface area contributed by atoms with E-state index in [0.29, 0.717) is 68.3 Å². The summed E-state index contributed by atoms with van der Waals surface area (Å²) < 4.78 is 15.9. The Morgan fingerprint density at radius 3 is 2.59 bits per heavy atom. The van der Waals surface area contributed by atoms with Crippen molar-refractivity contribution in [2.24, 2.45) is 5.73 Å². The van der Waals surface area contributed by atoms with Gasteiger partial charge in [-0.25, -0.2) is 4.79 Å². The van der Waals surface area contributed by atoms with Crippen LogP contribution in [0, 0.1) is 11.3 Å². The number of aromatic nitrogens is 2. The van der Waals surface area contributed by atoms with E-state index in [1.807, 2.05) is 0 Å². The fourth-order valence-electron chi connectivity index (χ4n) is 5.14.